The van der Waals surface area contributed by atoms with Crippen LogP contribution in [0.15, 0.2) is 72.8 Å². The summed E-state index contributed by atoms with van der Waals surface area (Å²) in [6.07, 6.45) is 1.38. The minimum Gasteiger partial charge on any atom is -0.352 e. The third-order valence-electron chi connectivity index (χ3n) is 5.71. The Kier molecular flexibility index (Phi) is 6.83. The summed E-state index contributed by atoms with van der Waals surface area (Å²) in [5.74, 6) is 0.669. The number of carbonyl (C=O) groups is 2. The van der Waals surface area contributed by atoms with E-state index in [1.54, 1.807) is 0 Å². The Hall–Kier alpha value is -3.93. The number of hydrogen-bond acceptors (Lipinski definition) is 3. The second kappa shape index (κ2) is 10.1. The van der Waals surface area contributed by atoms with Gasteiger partial charge in [0.15, 0.2) is 0 Å². The van der Waals surface area contributed by atoms with Crippen molar-refractivity contribution in [3.8, 4) is 0 Å². The van der Waals surface area contributed by atoms with Crippen molar-refractivity contribution in [2.75, 3.05) is 11.9 Å². The molecule has 4 rings (SSSR count). The highest BCUT2D eigenvalue weighted by molar-refractivity contribution is 5.95. The van der Waals surface area contributed by atoms with Crippen LogP contribution in [0.1, 0.15) is 33.7 Å². The zero-order chi connectivity index (χ0) is 23.2. The Morgan fingerprint density at radius 3 is 2.36 bits per heavy atom. The van der Waals surface area contributed by atoms with Gasteiger partial charge >= 0.3 is 0 Å². The van der Waals surface area contributed by atoms with Crippen molar-refractivity contribution in [1.29, 1.82) is 0 Å². The number of benzene rings is 3. The van der Waals surface area contributed by atoms with Crippen LogP contribution in [0.5, 0.6) is 0 Å². The number of para-hydroxylation sites is 3. The van der Waals surface area contributed by atoms with Crippen molar-refractivity contribution >= 4 is 28.5 Å². The molecule has 0 aliphatic rings. The molecule has 0 aliphatic heterocycles. The van der Waals surface area contributed by atoms with Crippen LogP contribution in [0, 0.1) is 13.8 Å². The van der Waals surface area contributed by atoms with E-state index in [0.29, 0.717) is 18.5 Å². The van der Waals surface area contributed by atoms with Crippen LogP contribution in [0.4, 0.5) is 5.69 Å². The van der Waals surface area contributed by atoms with E-state index in [9.17, 15) is 9.59 Å². The summed E-state index contributed by atoms with van der Waals surface area (Å²) in [5.41, 5.74) is 5.27. The zero-order valence-electron chi connectivity index (χ0n) is 19.0. The van der Waals surface area contributed by atoms with E-state index in [4.69, 9.17) is 4.98 Å². The zero-order valence-corrected chi connectivity index (χ0v) is 19.0. The Morgan fingerprint density at radius 1 is 0.879 bits per heavy atom. The van der Waals surface area contributed by atoms with Gasteiger partial charge in [-0.1, -0.05) is 48.5 Å². The fraction of sp³-hybridized carbons (Fsp3) is 0.222. The number of aryl methyl sites for hydroxylation is 3. The van der Waals surface area contributed by atoms with Crippen molar-refractivity contribution in [2.24, 2.45) is 0 Å². The average molecular weight is 441 g/mol. The van der Waals surface area contributed by atoms with E-state index in [1.165, 1.54) is 0 Å². The fourth-order valence-electron chi connectivity index (χ4n) is 3.91. The van der Waals surface area contributed by atoms with Crippen LogP contribution in [0.2, 0.25) is 0 Å². The van der Waals surface area contributed by atoms with Crippen LogP contribution in [-0.4, -0.2) is 27.9 Å². The summed E-state index contributed by atoms with van der Waals surface area (Å²) in [6.45, 7) is 4.61. The van der Waals surface area contributed by atoms with Gasteiger partial charge in [-0.15, -0.1) is 0 Å². The number of hydrogen-bond donors (Lipinski definition) is 2. The molecule has 1 aromatic heterocycles. The van der Waals surface area contributed by atoms with E-state index < -0.39 is 0 Å². The molecule has 0 atom stereocenters. The van der Waals surface area contributed by atoms with Crippen molar-refractivity contribution in [1.82, 2.24) is 14.9 Å². The lowest BCUT2D eigenvalue weighted by Gasteiger charge is -2.12. The molecule has 0 unspecified atom stereocenters. The van der Waals surface area contributed by atoms with Crippen LogP contribution in [-0.2, 0) is 17.8 Å². The molecule has 6 heteroatoms. The monoisotopic (exact) mass is 440 g/mol. The first-order chi connectivity index (χ1) is 16.0. The lowest BCUT2D eigenvalue weighted by atomic mass is 10.1. The van der Waals surface area contributed by atoms with Crippen molar-refractivity contribution in [2.45, 2.75) is 33.2 Å². The first-order valence-corrected chi connectivity index (χ1v) is 11.2. The highest BCUT2D eigenvalue weighted by atomic mass is 16.2. The highest BCUT2D eigenvalue weighted by Crippen LogP contribution is 2.18. The van der Waals surface area contributed by atoms with Gasteiger partial charge in [-0.3, -0.25) is 9.59 Å². The van der Waals surface area contributed by atoms with Gasteiger partial charge in [0.2, 0.25) is 5.91 Å². The third kappa shape index (κ3) is 5.29. The Balaban J connectivity index is 1.43. The van der Waals surface area contributed by atoms with Gasteiger partial charge in [0.1, 0.15) is 12.4 Å². The molecule has 0 saturated heterocycles. The quantitative estimate of drug-likeness (QED) is 0.392. The smallest absolute Gasteiger partial charge is 0.251 e. The molecule has 0 radical (unpaired) electrons. The van der Waals surface area contributed by atoms with Gasteiger partial charge < -0.3 is 15.2 Å². The number of fused-ring (bicyclic) bond motifs is 1. The molecular weight excluding hydrogens is 412 g/mol. The molecule has 2 amide bonds. The minimum absolute atomic E-state index is 0.0702. The van der Waals surface area contributed by atoms with Crippen LogP contribution < -0.4 is 10.6 Å². The molecule has 6 nitrogen and oxygen atoms in total. The second-order valence-electron chi connectivity index (χ2n) is 8.14. The van der Waals surface area contributed by atoms with Crippen molar-refractivity contribution < 1.29 is 9.59 Å². The number of imidazole rings is 1. The second-order valence-corrected chi connectivity index (χ2v) is 8.14. The van der Waals surface area contributed by atoms with E-state index in [-0.39, 0.29) is 18.4 Å². The molecule has 168 valence electrons. The molecule has 33 heavy (non-hydrogen) atoms. The number of amides is 2. The molecule has 0 fully saturated rings. The summed E-state index contributed by atoms with van der Waals surface area (Å²) in [6, 6.07) is 23.1. The fourth-order valence-corrected chi connectivity index (χ4v) is 3.91. The van der Waals surface area contributed by atoms with E-state index in [0.717, 1.165) is 40.1 Å². The number of nitrogens with one attached hydrogen (secondary N) is 2. The highest BCUT2D eigenvalue weighted by Gasteiger charge is 2.14. The first kappa shape index (κ1) is 22.3. The number of anilines is 1. The topological polar surface area (TPSA) is 76.0 Å². The summed E-state index contributed by atoms with van der Waals surface area (Å²) >= 11 is 0. The van der Waals surface area contributed by atoms with Gasteiger partial charge in [-0.25, -0.2) is 4.98 Å². The standard InChI is InChI=1S/C27H28N4O2/c1-19-10-3-5-12-21(19)27(33)28-17-9-16-25-29-23-14-7-8-15-24(23)31(25)18-26(32)30-22-13-6-4-11-20(22)2/h3-8,10-15H,9,16-18H2,1-2H3,(H,28,33)(H,30,32). The number of nitrogens with zero attached hydrogens (tertiary/aromatic N) is 2. The molecule has 1 heterocycles. The third-order valence-corrected chi connectivity index (χ3v) is 5.71. The normalized spacial score (nSPS) is 10.8. The maximum absolute atomic E-state index is 12.8. The van der Waals surface area contributed by atoms with E-state index >= 15 is 0 Å². The average Bonchev–Trinajstić information content (AvgIpc) is 3.15. The van der Waals surface area contributed by atoms with Gasteiger partial charge in [0.25, 0.3) is 5.91 Å². The maximum atomic E-state index is 12.8. The molecule has 0 saturated carbocycles. The summed E-state index contributed by atoms with van der Waals surface area (Å²) in [4.78, 5) is 30.0. The lowest BCUT2D eigenvalue weighted by molar-refractivity contribution is -0.116. The van der Waals surface area contributed by atoms with Gasteiger partial charge in [0.05, 0.1) is 11.0 Å². The number of carbonyl (C=O) groups excluding carboxylic acids is 2. The first-order valence-electron chi connectivity index (χ1n) is 11.2. The summed E-state index contributed by atoms with van der Waals surface area (Å²) < 4.78 is 1.96. The molecule has 4 aromatic rings. The summed E-state index contributed by atoms with van der Waals surface area (Å²) in [7, 11) is 0. The summed E-state index contributed by atoms with van der Waals surface area (Å²) in [5, 5.41) is 5.99. The van der Waals surface area contributed by atoms with E-state index in [2.05, 4.69) is 10.6 Å². The SMILES string of the molecule is Cc1ccccc1NC(=O)Cn1c(CCCNC(=O)c2ccccc2C)nc2ccccc21. The Labute approximate surface area is 193 Å². The van der Waals surface area contributed by atoms with Gasteiger partial charge in [0, 0.05) is 24.2 Å². The van der Waals surface area contributed by atoms with Gasteiger partial charge in [-0.2, -0.15) is 0 Å². The largest absolute Gasteiger partial charge is 0.352 e. The van der Waals surface area contributed by atoms with Crippen LogP contribution in [0.25, 0.3) is 11.0 Å². The molecule has 2 N–H and O–H groups in total. The molecule has 0 bridgehead atoms. The van der Waals surface area contributed by atoms with Crippen molar-refractivity contribution in [3.05, 3.63) is 95.3 Å². The van der Waals surface area contributed by atoms with Crippen molar-refractivity contribution in [3.63, 3.8) is 0 Å². The molecule has 0 aliphatic carbocycles. The molecular formula is C27H28N4O2. The predicted octanol–water partition coefficient (Wildman–Crippen LogP) is 4.65. The Morgan fingerprint density at radius 2 is 1.58 bits per heavy atom. The molecule has 3 aromatic carbocycles. The minimum atomic E-state index is -0.0958. The molecule has 0 spiro atoms. The van der Waals surface area contributed by atoms with E-state index in [1.807, 2.05) is 91.2 Å². The predicted molar refractivity (Wildman–Crippen MR) is 131 cm³/mol. The van der Waals surface area contributed by atoms with Crippen LogP contribution in [0.3, 0.4) is 0 Å². The van der Waals surface area contributed by atoms with Crippen LogP contribution >= 0.6 is 0 Å². The Bertz CT molecular complexity index is 1290. The maximum Gasteiger partial charge on any atom is 0.251 e. The van der Waals surface area contributed by atoms with Gasteiger partial charge in [-0.05, 0) is 55.7 Å². The lowest BCUT2D eigenvalue weighted by Crippen LogP contribution is -2.26. The number of rotatable bonds is 8. The number of aromatic nitrogens is 2.